The van der Waals surface area contributed by atoms with Gasteiger partial charge in [0.2, 0.25) is 0 Å². The molecule has 0 saturated heterocycles. The molecule has 10 heteroatoms. The van der Waals surface area contributed by atoms with Gasteiger partial charge < -0.3 is 29.4 Å². The molecule has 0 amide bonds. The first kappa shape index (κ1) is 50.8. The summed E-state index contributed by atoms with van der Waals surface area (Å²) in [5, 5.41) is 0. The highest BCUT2D eigenvalue weighted by Gasteiger charge is 2.54. The van der Waals surface area contributed by atoms with Crippen molar-refractivity contribution in [3.05, 3.63) is 315 Å². The lowest BCUT2D eigenvalue weighted by molar-refractivity contribution is 1.23. The van der Waals surface area contributed by atoms with Crippen LogP contribution in [0.5, 0.6) is 0 Å². The molecule has 0 aliphatic carbocycles. The molecule has 0 atom stereocenters. The van der Waals surface area contributed by atoms with Crippen LogP contribution >= 0.6 is 0 Å². The van der Waals surface area contributed by atoms with Crippen LogP contribution in [-0.2, 0) is 0 Å². The molecule has 0 fully saturated rings. The minimum absolute atomic E-state index is 0.00110. The highest BCUT2D eigenvalue weighted by atomic mass is 15.2. The molecule has 14 aromatic rings. The summed E-state index contributed by atoms with van der Waals surface area (Å²) in [7, 11) is 0. The number of fused-ring (bicyclic) bond motifs is 18. The van der Waals surface area contributed by atoms with Crippen LogP contribution in [0.1, 0.15) is 0 Å². The Morgan fingerprint density at radius 3 is 0.894 bits per heavy atom. The second-order valence-electron chi connectivity index (χ2n) is 26.2. The lowest BCUT2D eigenvalue weighted by Gasteiger charge is -2.51. The van der Waals surface area contributed by atoms with Gasteiger partial charge in [0.1, 0.15) is 0 Å². The van der Waals surface area contributed by atoms with Crippen molar-refractivity contribution in [2.24, 2.45) is 0 Å². The first-order chi connectivity index (χ1) is 46.7. The van der Waals surface area contributed by atoms with Gasteiger partial charge in [0.05, 0.1) is 0 Å². The van der Waals surface area contributed by atoms with Gasteiger partial charge >= 0.3 is 0 Å². The number of nitrogens with zero attached hydrogens (tertiary/aromatic N) is 6. The Hall–Kier alpha value is -11.9. The molecule has 94 heavy (non-hydrogen) atoms. The SMILES string of the molecule is c1ccc(N2c3ccccc3B3c4cccc5c4N(c4cccc2c43)c2cc(-c3ccc4c(c3)B3c6ccccc6N6c7ccccc7B7c8ccccc8N(c8ccccc8)c8cc(c3c6c87)N4c3ccccc3)cc3c2B5c2ccccc2N3c2ccccc2)cc1. The zero-order valence-electron chi connectivity index (χ0n) is 51.0. The van der Waals surface area contributed by atoms with E-state index in [1.54, 1.807) is 0 Å². The Balaban J connectivity index is 0.823. The Kier molecular flexibility index (Phi) is 10.2. The van der Waals surface area contributed by atoms with E-state index in [2.05, 4.69) is 345 Å². The van der Waals surface area contributed by atoms with Crippen LogP contribution in [0.2, 0.25) is 0 Å². The van der Waals surface area contributed by atoms with Crippen molar-refractivity contribution in [3.8, 4) is 11.1 Å². The van der Waals surface area contributed by atoms with E-state index < -0.39 is 0 Å². The maximum Gasteiger partial charge on any atom is 0.252 e. The summed E-state index contributed by atoms with van der Waals surface area (Å²) >= 11 is 0. The van der Waals surface area contributed by atoms with Crippen LogP contribution in [0.15, 0.2) is 315 Å². The third-order valence-corrected chi connectivity index (χ3v) is 21.7. The van der Waals surface area contributed by atoms with Crippen molar-refractivity contribution in [3.63, 3.8) is 0 Å². The van der Waals surface area contributed by atoms with Gasteiger partial charge in [-0.2, -0.15) is 0 Å². The van der Waals surface area contributed by atoms with Gasteiger partial charge in [0.15, 0.2) is 0 Å². The van der Waals surface area contributed by atoms with Gasteiger partial charge in [0.25, 0.3) is 26.9 Å². The van der Waals surface area contributed by atoms with Crippen LogP contribution < -0.4 is 95.0 Å². The minimum Gasteiger partial charge on any atom is -0.312 e. The number of anilines is 18. The van der Waals surface area contributed by atoms with Crippen molar-refractivity contribution in [1.29, 1.82) is 0 Å². The standard InChI is InChI=1S/C84H52B4N6/c1-5-25-55(26-6-1)89-67-40-18-14-34-60(67)86-64-38-23-39-65-83(64)94(74-46-24-45-73(89)79(74)86)76-51-54(50-75-80(76)87(65)61-35-15-20-42-69(61)90(75)56-27-7-2-8-28-56)53-47-48-72-66(49-53)88-63-37-17-22-44-71(63)93-70-43-21-16-36-62(70)85-59-33-13-19-41-68(59)91(57-29-9-3-10-30-57)77-52-78(82(88)84(93)81(77)85)92(72)58-31-11-4-12-32-58/h1-52H. The normalized spacial score (nSPS) is 14.4. The Morgan fingerprint density at radius 1 is 0.160 bits per heavy atom. The topological polar surface area (TPSA) is 19.4 Å². The second kappa shape index (κ2) is 18.9. The van der Waals surface area contributed by atoms with E-state index in [0.29, 0.717) is 0 Å². The van der Waals surface area contributed by atoms with Gasteiger partial charge in [-0.25, -0.2) is 0 Å². The lowest BCUT2D eigenvalue weighted by Crippen LogP contribution is -2.68. The summed E-state index contributed by atoms with van der Waals surface area (Å²) in [4.78, 5) is 15.5. The smallest absolute Gasteiger partial charge is 0.252 e. The van der Waals surface area contributed by atoms with Crippen LogP contribution in [0.4, 0.5) is 102 Å². The third kappa shape index (κ3) is 6.58. The first-order valence-corrected chi connectivity index (χ1v) is 33.0. The molecule has 0 radical (unpaired) electrons. The number of hydrogen-bond donors (Lipinski definition) is 0. The molecule has 22 rings (SSSR count). The third-order valence-electron chi connectivity index (χ3n) is 21.7. The minimum atomic E-state index is -0.112. The summed E-state index contributed by atoms with van der Waals surface area (Å²) in [6.07, 6.45) is 0. The highest BCUT2D eigenvalue weighted by Crippen LogP contribution is 2.53. The Labute approximate surface area is 547 Å². The van der Waals surface area contributed by atoms with Crippen LogP contribution in [-0.4, -0.2) is 26.9 Å². The maximum atomic E-state index is 2.68. The quantitative estimate of drug-likeness (QED) is 0.159. The summed E-state index contributed by atoms with van der Waals surface area (Å²) in [6.45, 7) is -0.135. The zero-order valence-corrected chi connectivity index (χ0v) is 51.0. The van der Waals surface area contributed by atoms with E-state index in [-0.39, 0.29) is 26.9 Å². The predicted molar refractivity (Wildman–Crippen MR) is 399 cm³/mol. The van der Waals surface area contributed by atoms with Crippen molar-refractivity contribution in [1.82, 2.24) is 0 Å². The van der Waals surface area contributed by atoms with Crippen molar-refractivity contribution in [2.75, 3.05) is 29.4 Å². The molecule has 0 spiro atoms. The van der Waals surface area contributed by atoms with E-state index in [0.717, 1.165) is 22.7 Å². The number of benzene rings is 14. The van der Waals surface area contributed by atoms with E-state index in [4.69, 9.17) is 0 Å². The number of rotatable bonds is 5. The summed E-state index contributed by atoms with van der Waals surface area (Å²) < 4.78 is 0. The summed E-state index contributed by atoms with van der Waals surface area (Å²) in [5.41, 5.74) is 39.8. The lowest BCUT2D eigenvalue weighted by atomic mass is 9.28. The Morgan fingerprint density at radius 2 is 0.447 bits per heavy atom. The fraction of sp³-hybridized carbons (Fsp3) is 0. The predicted octanol–water partition coefficient (Wildman–Crippen LogP) is 12.7. The molecule has 0 aromatic heterocycles. The highest BCUT2D eigenvalue weighted by molar-refractivity contribution is 7.06. The van der Waals surface area contributed by atoms with Gasteiger partial charge in [-0.1, -0.05) is 200 Å². The van der Waals surface area contributed by atoms with E-state index in [9.17, 15) is 0 Å². The van der Waals surface area contributed by atoms with Crippen molar-refractivity contribution < 1.29 is 0 Å². The average Bonchev–Trinajstić information content (AvgIpc) is 0.674. The maximum absolute atomic E-state index is 2.68. The first-order valence-electron chi connectivity index (χ1n) is 33.0. The van der Waals surface area contributed by atoms with Crippen LogP contribution in [0.3, 0.4) is 0 Å². The molecule has 0 N–H and O–H groups in total. The van der Waals surface area contributed by atoms with E-state index in [1.807, 2.05) is 0 Å². The van der Waals surface area contributed by atoms with Crippen molar-refractivity contribution in [2.45, 2.75) is 0 Å². The molecule has 6 nitrogen and oxygen atoms in total. The van der Waals surface area contributed by atoms with Gasteiger partial charge in [-0.3, -0.25) is 0 Å². The van der Waals surface area contributed by atoms with Gasteiger partial charge in [0, 0.05) is 102 Å². The average molecular weight is 1190 g/mol. The molecular weight excluding hydrogens is 1140 g/mol. The largest absolute Gasteiger partial charge is 0.312 e. The molecule has 0 unspecified atom stereocenters. The molecule has 8 aliphatic rings. The van der Waals surface area contributed by atoms with Gasteiger partial charge in [-0.05, 0) is 192 Å². The van der Waals surface area contributed by atoms with Gasteiger partial charge in [-0.15, -0.1) is 0 Å². The second-order valence-corrected chi connectivity index (χ2v) is 26.2. The molecule has 0 bridgehead atoms. The fourth-order valence-corrected chi connectivity index (χ4v) is 18.3. The summed E-state index contributed by atoms with van der Waals surface area (Å²) in [6, 6.07) is 120. The molecule has 14 aromatic carbocycles. The van der Waals surface area contributed by atoms with E-state index >= 15 is 0 Å². The number of hydrogen-bond acceptors (Lipinski definition) is 6. The fourth-order valence-electron chi connectivity index (χ4n) is 18.3. The number of para-hydroxylation sites is 10. The molecule has 8 heterocycles. The zero-order chi connectivity index (χ0) is 61.0. The molecular formula is C84H52B4N6. The van der Waals surface area contributed by atoms with Crippen LogP contribution in [0, 0.1) is 0 Å². The Bertz CT molecular complexity index is 5590. The van der Waals surface area contributed by atoms with E-state index in [1.165, 1.54) is 156 Å². The monoisotopic (exact) mass is 1190 g/mol. The summed E-state index contributed by atoms with van der Waals surface area (Å²) in [5.74, 6) is 0. The van der Waals surface area contributed by atoms with Crippen molar-refractivity contribution >= 4 is 195 Å². The van der Waals surface area contributed by atoms with Crippen LogP contribution in [0.25, 0.3) is 11.1 Å². The molecule has 0 saturated carbocycles. The molecule has 430 valence electrons. The molecule has 8 aliphatic heterocycles.